The van der Waals surface area contributed by atoms with E-state index in [2.05, 4.69) is 24.1 Å². The number of carbonyl (C=O) groups excluding carboxylic acids is 2. The van der Waals surface area contributed by atoms with Crippen LogP contribution in [0.1, 0.15) is 52.4 Å². The van der Waals surface area contributed by atoms with Crippen LogP contribution in [0.15, 0.2) is 0 Å². The predicted octanol–water partition coefficient (Wildman–Crippen LogP) is 2.95. The highest BCUT2D eigenvalue weighted by molar-refractivity contribution is 7.99. The van der Waals surface area contributed by atoms with Gasteiger partial charge in [-0.2, -0.15) is 11.8 Å². The van der Waals surface area contributed by atoms with E-state index in [9.17, 15) is 9.59 Å². The summed E-state index contributed by atoms with van der Waals surface area (Å²) < 4.78 is 0. The standard InChI is InChI=1S/C19H33N3O2S/c1-3-21(4-2)11-12-22-17(23)19(20-18(22)24,16-10-13-25-14-16)15-8-6-5-7-9-15/h15-16H,3-14H2,1-2H3,(H,20,24). The molecule has 0 bridgehead atoms. The summed E-state index contributed by atoms with van der Waals surface area (Å²) in [5.41, 5.74) is -0.621. The van der Waals surface area contributed by atoms with Crippen molar-refractivity contribution in [2.75, 3.05) is 37.7 Å². The first-order valence-corrected chi connectivity index (χ1v) is 11.2. The number of likely N-dealkylation sites (N-methyl/N-ethyl adjacent to an activating group) is 1. The Balaban J connectivity index is 1.80. The summed E-state index contributed by atoms with van der Waals surface area (Å²) in [4.78, 5) is 30.1. The summed E-state index contributed by atoms with van der Waals surface area (Å²) in [5.74, 6) is 2.81. The molecule has 3 amide bonds. The van der Waals surface area contributed by atoms with Gasteiger partial charge in [0.2, 0.25) is 0 Å². The summed E-state index contributed by atoms with van der Waals surface area (Å²) in [7, 11) is 0. The third kappa shape index (κ3) is 3.57. The van der Waals surface area contributed by atoms with Crippen LogP contribution in [0.2, 0.25) is 0 Å². The first-order valence-electron chi connectivity index (χ1n) is 10.1. The van der Waals surface area contributed by atoms with Crippen molar-refractivity contribution in [3.05, 3.63) is 0 Å². The minimum absolute atomic E-state index is 0.0732. The molecule has 3 rings (SSSR count). The van der Waals surface area contributed by atoms with E-state index in [1.54, 1.807) is 0 Å². The molecule has 2 aliphatic heterocycles. The molecular formula is C19H33N3O2S. The van der Waals surface area contributed by atoms with E-state index in [1.165, 1.54) is 24.2 Å². The average Bonchev–Trinajstić information content (AvgIpc) is 3.25. The molecule has 6 heteroatoms. The number of rotatable bonds is 7. The number of thioether (sulfide) groups is 1. The van der Waals surface area contributed by atoms with Crippen molar-refractivity contribution >= 4 is 23.7 Å². The number of carbonyl (C=O) groups is 2. The quantitative estimate of drug-likeness (QED) is 0.703. The Bertz CT molecular complexity index is 485. The largest absolute Gasteiger partial charge is 0.325 e. The molecule has 2 unspecified atom stereocenters. The highest BCUT2D eigenvalue weighted by Crippen LogP contribution is 2.45. The molecule has 0 radical (unpaired) electrons. The predicted molar refractivity (Wildman–Crippen MR) is 103 cm³/mol. The van der Waals surface area contributed by atoms with E-state index in [0.717, 1.165) is 50.4 Å². The first-order chi connectivity index (χ1) is 12.1. The second kappa shape index (κ2) is 8.30. The minimum atomic E-state index is -0.621. The second-order valence-corrected chi connectivity index (χ2v) is 8.83. The summed E-state index contributed by atoms with van der Waals surface area (Å²) in [6.07, 6.45) is 6.86. The van der Waals surface area contributed by atoms with Crippen LogP contribution >= 0.6 is 11.8 Å². The molecule has 2 atom stereocenters. The summed E-state index contributed by atoms with van der Waals surface area (Å²) in [5, 5.41) is 3.24. The molecule has 2 heterocycles. The molecule has 0 aromatic rings. The van der Waals surface area contributed by atoms with E-state index in [-0.39, 0.29) is 11.9 Å². The van der Waals surface area contributed by atoms with Crippen LogP contribution in [0.5, 0.6) is 0 Å². The van der Waals surface area contributed by atoms with Gasteiger partial charge < -0.3 is 10.2 Å². The summed E-state index contributed by atoms with van der Waals surface area (Å²) in [6, 6.07) is -0.153. The van der Waals surface area contributed by atoms with Gasteiger partial charge in [0.25, 0.3) is 5.91 Å². The van der Waals surface area contributed by atoms with Crippen LogP contribution < -0.4 is 5.32 Å². The molecule has 142 valence electrons. The third-order valence-electron chi connectivity index (χ3n) is 6.51. The van der Waals surface area contributed by atoms with Crippen molar-refractivity contribution in [3.8, 4) is 0 Å². The number of hydrogen-bond donors (Lipinski definition) is 1. The fourth-order valence-corrected chi connectivity index (χ4v) is 6.27. The number of nitrogens with zero attached hydrogens (tertiary/aromatic N) is 2. The Morgan fingerprint density at radius 1 is 1.12 bits per heavy atom. The van der Waals surface area contributed by atoms with Crippen LogP contribution in [-0.2, 0) is 4.79 Å². The van der Waals surface area contributed by atoms with Gasteiger partial charge in [0.15, 0.2) is 0 Å². The fourth-order valence-electron chi connectivity index (χ4n) is 4.94. The first kappa shape index (κ1) is 19.0. The molecule has 5 nitrogen and oxygen atoms in total. The molecule has 25 heavy (non-hydrogen) atoms. The van der Waals surface area contributed by atoms with Crippen molar-refractivity contribution < 1.29 is 9.59 Å². The highest BCUT2D eigenvalue weighted by Gasteiger charge is 2.59. The summed E-state index contributed by atoms with van der Waals surface area (Å²) in [6.45, 7) is 7.43. The van der Waals surface area contributed by atoms with Gasteiger partial charge in [-0.15, -0.1) is 0 Å². The maximum atomic E-state index is 13.5. The van der Waals surface area contributed by atoms with E-state index < -0.39 is 5.54 Å². The number of amides is 3. The van der Waals surface area contributed by atoms with Gasteiger partial charge in [-0.05, 0) is 49.8 Å². The maximum absolute atomic E-state index is 13.5. The van der Waals surface area contributed by atoms with Gasteiger partial charge >= 0.3 is 6.03 Å². The smallest absolute Gasteiger partial charge is 0.322 e. The second-order valence-electron chi connectivity index (χ2n) is 7.68. The number of hydrogen-bond acceptors (Lipinski definition) is 4. The Morgan fingerprint density at radius 2 is 1.84 bits per heavy atom. The van der Waals surface area contributed by atoms with Crippen LogP contribution in [0, 0.1) is 11.8 Å². The highest BCUT2D eigenvalue weighted by atomic mass is 32.2. The van der Waals surface area contributed by atoms with Gasteiger partial charge in [0.1, 0.15) is 5.54 Å². The van der Waals surface area contributed by atoms with Crippen molar-refractivity contribution in [2.24, 2.45) is 11.8 Å². The van der Waals surface area contributed by atoms with Crippen molar-refractivity contribution in [2.45, 2.75) is 57.9 Å². The summed E-state index contributed by atoms with van der Waals surface area (Å²) >= 11 is 1.93. The SMILES string of the molecule is CCN(CC)CCN1C(=O)NC(C2CCCCC2)(C2CCSC2)C1=O. The van der Waals surface area contributed by atoms with Crippen LogP contribution in [0.3, 0.4) is 0 Å². The van der Waals surface area contributed by atoms with Crippen LogP contribution in [0.4, 0.5) is 4.79 Å². The maximum Gasteiger partial charge on any atom is 0.325 e. The molecule has 1 aliphatic carbocycles. The lowest BCUT2D eigenvalue weighted by atomic mass is 9.67. The zero-order chi connectivity index (χ0) is 17.9. The van der Waals surface area contributed by atoms with Crippen LogP contribution in [0.25, 0.3) is 0 Å². The number of imide groups is 1. The van der Waals surface area contributed by atoms with Crippen molar-refractivity contribution in [1.29, 1.82) is 0 Å². The van der Waals surface area contributed by atoms with E-state index in [1.807, 2.05) is 11.8 Å². The number of nitrogens with one attached hydrogen (secondary N) is 1. The van der Waals surface area contributed by atoms with Gasteiger partial charge in [-0.1, -0.05) is 33.1 Å². The van der Waals surface area contributed by atoms with E-state index in [0.29, 0.717) is 18.4 Å². The van der Waals surface area contributed by atoms with Crippen LogP contribution in [-0.4, -0.2) is 65.0 Å². The lowest BCUT2D eigenvalue weighted by Crippen LogP contribution is -2.59. The normalized spacial score (nSPS) is 31.2. The van der Waals surface area contributed by atoms with Gasteiger partial charge in [-0.25, -0.2) is 4.79 Å². The molecule has 0 aromatic heterocycles. The van der Waals surface area contributed by atoms with E-state index in [4.69, 9.17) is 0 Å². The Hall–Kier alpha value is -0.750. The molecule has 1 saturated carbocycles. The van der Waals surface area contributed by atoms with Gasteiger partial charge in [0, 0.05) is 19.0 Å². The van der Waals surface area contributed by atoms with Gasteiger partial charge in [-0.3, -0.25) is 9.69 Å². The lowest BCUT2D eigenvalue weighted by Gasteiger charge is -2.41. The zero-order valence-electron chi connectivity index (χ0n) is 15.8. The average molecular weight is 368 g/mol. The van der Waals surface area contributed by atoms with Crippen molar-refractivity contribution in [3.63, 3.8) is 0 Å². The van der Waals surface area contributed by atoms with Gasteiger partial charge in [0.05, 0.1) is 0 Å². The monoisotopic (exact) mass is 367 g/mol. The van der Waals surface area contributed by atoms with E-state index >= 15 is 0 Å². The molecule has 0 spiro atoms. The lowest BCUT2D eigenvalue weighted by molar-refractivity contribution is -0.136. The minimum Gasteiger partial charge on any atom is -0.322 e. The molecule has 2 saturated heterocycles. The fraction of sp³-hybridized carbons (Fsp3) is 0.895. The Kier molecular flexibility index (Phi) is 6.31. The molecular weight excluding hydrogens is 334 g/mol. The topological polar surface area (TPSA) is 52.6 Å². The zero-order valence-corrected chi connectivity index (χ0v) is 16.6. The molecule has 3 aliphatic rings. The molecule has 0 aromatic carbocycles. The Labute approximate surface area is 156 Å². The molecule has 1 N–H and O–H groups in total. The number of urea groups is 1. The Morgan fingerprint density at radius 3 is 2.44 bits per heavy atom. The molecule has 3 fully saturated rings. The van der Waals surface area contributed by atoms with Crippen molar-refractivity contribution in [1.82, 2.24) is 15.1 Å². The third-order valence-corrected chi connectivity index (χ3v) is 7.68.